The highest BCUT2D eigenvalue weighted by Crippen LogP contribution is 2.28. The molecule has 0 bridgehead atoms. The number of hydrogen-bond donors (Lipinski definition) is 1. The first kappa shape index (κ1) is 13.3. The van der Waals surface area contributed by atoms with Gasteiger partial charge in [0.05, 0.1) is 10.7 Å². The van der Waals surface area contributed by atoms with Gasteiger partial charge in [0.15, 0.2) is 0 Å². The van der Waals surface area contributed by atoms with Gasteiger partial charge in [0.2, 0.25) is 0 Å². The smallest absolute Gasteiger partial charge is 0.0642 e. The van der Waals surface area contributed by atoms with Crippen molar-refractivity contribution in [3.63, 3.8) is 0 Å². The van der Waals surface area contributed by atoms with Crippen molar-refractivity contribution in [1.29, 1.82) is 0 Å². The van der Waals surface area contributed by atoms with Crippen molar-refractivity contribution < 1.29 is 0 Å². The zero-order valence-electron chi connectivity index (χ0n) is 10.5. The van der Waals surface area contributed by atoms with E-state index in [2.05, 4.69) is 25.8 Å². The fourth-order valence-corrected chi connectivity index (χ4v) is 2.10. The van der Waals surface area contributed by atoms with E-state index in [4.69, 9.17) is 17.3 Å². The van der Waals surface area contributed by atoms with Gasteiger partial charge in [0.1, 0.15) is 0 Å². The summed E-state index contributed by atoms with van der Waals surface area (Å²) in [5.74, 6) is 0.620. The molecular formula is C13H21ClN2. The average Bonchev–Trinajstić information content (AvgIpc) is 2.15. The average molecular weight is 241 g/mol. The van der Waals surface area contributed by atoms with Crippen LogP contribution in [0.5, 0.6) is 0 Å². The third-order valence-corrected chi connectivity index (χ3v) is 2.85. The molecule has 0 amide bonds. The van der Waals surface area contributed by atoms with Crippen LogP contribution in [0.1, 0.15) is 32.4 Å². The number of rotatable bonds is 4. The van der Waals surface area contributed by atoms with Crippen molar-refractivity contribution in [2.75, 3.05) is 18.5 Å². The molecule has 0 aliphatic carbocycles. The molecule has 0 aromatic heterocycles. The highest BCUT2D eigenvalue weighted by atomic mass is 35.5. The first-order valence-electron chi connectivity index (χ1n) is 5.68. The Kier molecular flexibility index (Phi) is 4.63. The number of nitrogens with zero attached hydrogens (tertiary/aromatic N) is 1. The monoisotopic (exact) mass is 240 g/mol. The molecule has 0 fully saturated rings. The van der Waals surface area contributed by atoms with Gasteiger partial charge in [-0.05, 0) is 30.5 Å². The number of hydrogen-bond acceptors (Lipinski definition) is 2. The van der Waals surface area contributed by atoms with Crippen molar-refractivity contribution in [2.24, 2.45) is 11.7 Å². The second kappa shape index (κ2) is 5.55. The third kappa shape index (κ3) is 3.39. The van der Waals surface area contributed by atoms with E-state index in [0.717, 1.165) is 22.8 Å². The van der Waals surface area contributed by atoms with Crippen molar-refractivity contribution in [3.05, 3.63) is 28.8 Å². The van der Waals surface area contributed by atoms with Crippen LogP contribution in [0.3, 0.4) is 0 Å². The SMILES string of the molecule is CC(C)CN(C)c1ccc([C@@H](C)N)cc1Cl. The Morgan fingerprint density at radius 3 is 2.38 bits per heavy atom. The lowest BCUT2D eigenvalue weighted by Gasteiger charge is -2.23. The summed E-state index contributed by atoms with van der Waals surface area (Å²) in [5, 5.41) is 0.776. The molecule has 1 rings (SSSR count). The number of nitrogens with two attached hydrogens (primary N) is 1. The van der Waals surface area contributed by atoms with Crippen LogP contribution in [0, 0.1) is 5.92 Å². The predicted octanol–water partition coefficient (Wildman–Crippen LogP) is 3.45. The summed E-state index contributed by atoms with van der Waals surface area (Å²) in [7, 11) is 2.06. The summed E-state index contributed by atoms with van der Waals surface area (Å²) in [4.78, 5) is 2.18. The fourth-order valence-electron chi connectivity index (χ4n) is 1.76. The Morgan fingerprint density at radius 2 is 1.94 bits per heavy atom. The van der Waals surface area contributed by atoms with Crippen molar-refractivity contribution >= 4 is 17.3 Å². The standard InChI is InChI=1S/C13H21ClN2/c1-9(2)8-16(4)13-6-5-11(10(3)15)7-12(13)14/h5-7,9-10H,8,15H2,1-4H3/t10-/m1/s1. The lowest BCUT2D eigenvalue weighted by atomic mass is 10.1. The van der Waals surface area contributed by atoms with Gasteiger partial charge < -0.3 is 10.6 Å². The van der Waals surface area contributed by atoms with Gasteiger partial charge in [0.25, 0.3) is 0 Å². The van der Waals surface area contributed by atoms with E-state index in [-0.39, 0.29) is 6.04 Å². The predicted molar refractivity (Wildman–Crippen MR) is 72.2 cm³/mol. The van der Waals surface area contributed by atoms with Crippen LogP contribution in [0.4, 0.5) is 5.69 Å². The van der Waals surface area contributed by atoms with Gasteiger partial charge in [0, 0.05) is 19.6 Å². The third-order valence-electron chi connectivity index (χ3n) is 2.55. The van der Waals surface area contributed by atoms with E-state index < -0.39 is 0 Å². The molecule has 0 saturated carbocycles. The maximum atomic E-state index is 6.25. The lowest BCUT2D eigenvalue weighted by Crippen LogP contribution is -2.22. The maximum Gasteiger partial charge on any atom is 0.0642 e. The second-order valence-corrected chi connectivity index (χ2v) is 5.18. The number of halogens is 1. The Morgan fingerprint density at radius 1 is 1.31 bits per heavy atom. The molecule has 0 saturated heterocycles. The first-order chi connectivity index (χ1) is 7.41. The Bertz CT molecular complexity index is 348. The Labute approximate surface area is 103 Å². The van der Waals surface area contributed by atoms with Gasteiger partial charge in [-0.25, -0.2) is 0 Å². The van der Waals surface area contributed by atoms with Gasteiger partial charge in [-0.15, -0.1) is 0 Å². The minimum Gasteiger partial charge on any atom is -0.373 e. The molecule has 0 radical (unpaired) electrons. The summed E-state index contributed by atoms with van der Waals surface area (Å²) in [6.07, 6.45) is 0. The van der Waals surface area contributed by atoms with Crippen LogP contribution in [-0.2, 0) is 0 Å². The largest absolute Gasteiger partial charge is 0.373 e. The van der Waals surface area contributed by atoms with Crippen LogP contribution < -0.4 is 10.6 Å². The van der Waals surface area contributed by atoms with Crippen LogP contribution >= 0.6 is 11.6 Å². The van der Waals surface area contributed by atoms with Crippen molar-refractivity contribution in [3.8, 4) is 0 Å². The summed E-state index contributed by atoms with van der Waals surface area (Å²) >= 11 is 6.25. The van der Waals surface area contributed by atoms with Crippen molar-refractivity contribution in [1.82, 2.24) is 0 Å². The molecule has 90 valence electrons. The van der Waals surface area contributed by atoms with Crippen LogP contribution in [0.15, 0.2) is 18.2 Å². The van der Waals surface area contributed by atoms with Gasteiger partial charge >= 0.3 is 0 Å². The Hall–Kier alpha value is -0.730. The molecule has 2 N–H and O–H groups in total. The lowest BCUT2D eigenvalue weighted by molar-refractivity contribution is 0.638. The zero-order chi connectivity index (χ0) is 12.3. The van der Waals surface area contributed by atoms with Crippen molar-refractivity contribution in [2.45, 2.75) is 26.8 Å². The molecule has 0 spiro atoms. The normalized spacial score (nSPS) is 12.9. The minimum atomic E-state index is 0.0296. The number of benzene rings is 1. The molecule has 16 heavy (non-hydrogen) atoms. The van der Waals surface area contributed by atoms with Gasteiger partial charge in [-0.1, -0.05) is 31.5 Å². The van der Waals surface area contributed by atoms with Crippen LogP contribution in [-0.4, -0.2) is 13.6 Å². The molecule has 3 heteroatoms. The quantitative estimate of drug-likeness (QED) is 0.874. The van der Waals surface area contributed by atoms with E-state index in [1.165, 1.54) is 0 Å². The molecule has 1 atom stereocenters. The topological polar surface area (TPSA) is 29.3 Å². The van der Waals surface area contributed by atoms with E-state index in [1.54, 1.807) is 0 Å². The molecule has 0 heterocycles. The van der Waals surface area contributed by atoms with Crippen LogP contribution in [0.25, 0.3) is 0 Å². The highest BCUT2D eigenvalue weighted by molar-refractivity contribution is 6.33. The Balaban J connectivity index is 2.90. The maximum absolute atomic E-state index is 6.25. The van der Waals surface area contributed by atoms with E-state index >= 15 is 0 Å². The summed E-state index contributed by atoms with van der Waals surface area (Å²) in [5.41, 5.74) is 7.96. The molecule has 1 aromatic rings. The molecule has 0 unspecified atom stereocenters. The summed E-state index contributed by atoms with van der Waals surface area (Å²) < 4.78 is 0. The van der Waals surface area contributed by atoms with E-state index in [9.17, 15) is 0 Å². The molecule has 0 aliphatic heterocycles. The van der Waals surface area contributed by atoms with E-state index in [1.807, 2.05) is 25.1 Å². The minimum absolute atomic E-state index is 0.0296. The first-order valence-corrected chi connectivity index (χ1v) is 6.05. The fraction of sp³-hybridized carbons (Fsp3) is 0.538. The molecule has 0 aliphatic rings. The zero-order valence-corrected chi connectivity index (χ0v) is 11.3. The number of anilines is 1. The summed E-state index contributed by atoms with van der Waals surface area (Å²) in [6.45, 7) is 7.35. The van der Waals surface area contributed by atoms with E-state index in [0.29, 0.717) is 5.92 Å². The van der Waals surface area contributed by atoms with Crippen LogP contribution in [0.2, 0.25) is 5.02 Å². The second-order valence-electron chi connectivity index (χ2n) is 4.77. The molecule has 1 aromatic carbocycles. The summed E-state index contributed by atoms with van der Waals surface area (Å²) in [6, 6.07) is 6.08. The van der Waals surface area contributed by atoms with Gasteiger partial charge in [-0.3, -0.25) is 0 Å². The molecule has 2 nitrogen and oxygen atoms in total. The van der Waals surface area contributed by atoms with Gasteiger partial charge in [-0.2, -0.15) is 0 Å². The highest BCUT2D eigenvalue weighted by Gasteiger charge is 2.09. The molecular weight excluding hydrogens is 220 g/mol.